The van der Waals surface area contributed by atoms with Crippen LogP contribution >= 0.6 is 0 Å². The van der Waals surface area contributed by atoms with Gasteiger partial charge in [0.1, 0.15) is 0 Å². The van der Waals surface area contributed by atoms with Crippen molar-refractivity contribution in [3.05, 3.63) is 35.4 Å². The first-order valence-corrected chi connectivity index (χ1v) is 8.95. The Morgan fingerprint density at radius 2 is 2.04 bits per heavy atom. The number of hydrogen-bond donors (Lipinski definition) is 1. The smallest absolute Gasteiger partial charge is 0.193 e. The van der Waals surface area contributed by atoms with Crippen molar-refractivity contribution in [2.45, 2.75) is 33.4 Å². The Morgan fingerprint density at radius 3 is 2.67 bits per heavy atom. The Morgan fingerprint density at radius 1 is 1.29 bits per heavy atom. The van der Waals surface area contributed by atoms with E-state index in [9.17, 15) is 0 Å². The van der Waals surface area contributed by atoms with Gasteiger partial charge in [0.15, 0.2) is 5.96 Å². The average Bonchev–Trinajstić information content (AvgIpc) is 3.10. The summed E-state index contributed by atoms with van der Waals surface area (Å²) < 4.78 is 10.9. The van der Waals surface area contributed by atoms with Crippen LogP contribution in [0.5, 0.6) is 0 Å². The van der Waals surface area contributed by atoms with Gasteiger partial charge >= 0.3 is 0 Å². The van der Waals surface area contributed by atoms with Crippen LogP contribution in [-0.2, 0) is 22.6 Å². The van der Waals surface area contributed by atoms with E-state index in [1.165, 1.54) is 11.1 Å². The van der Waals surface area contributed by atoms with Crippen molar-refractivity contribution >= 4 is 5.96 Å². The quantitative estimate of drug-likeness (QED) is 0.587. The van der Waals surface area contributed by atoms with Crippen LogP contribution in [-0.4, -0.2) is 50.8 Å². The van der Waals surface area contributed by atoms with Crippen molar-refractivity contribution in [3.63, 3.8) is 0 Å². The molecule has 2 rings (SSSR count). The third-order valence-corrected chi connectivity index (χ3v) is 4.16. The van der Waals surface area contributed by atoms with Crippen molar-refractivity contribution in [1.82, 2.24) is 10.2 Å². The summed E-state index contributed by atoms with van der Waals surface area (Å²) in [6.07, 6.45) is 1.14. The molecule has 1 unspecified atom stereocenters. The summed E-state index contributed by atoms with van der Waals surface area (Å²) in [4.78, 5) is 6.99. The molecule has 0 aromatic heterocycles. The van der Waals surface area contributed by atoms with E-state index in [2.05, 4.69) is 48.5 Å². The Balaban J connectivity index is 1.91. The molecule has 0 saturated carbocycles. The number of nitrogens with one attached hydrogen (secondary N) is 1. The lowest BCUT2D eigenvalue weighted by Gasteiger charge is -2.24. The number of guanidine groups is 1. The van der Waals surface area contributed by atoms with Gasteiger partial charge in [-0.2, -0.15) is 0 Å². The average molecular weight is 333 g/mol. The highest BCUT2D eigenvalue weighted by molar-refractivity contribution is 5.79. The minimum atomic E-state index is 0.608. The van der Waals surface area contributed by atoms with Crippen molar-refractivity contribution in [1.29, 1.82) is 0 Å². The topological polar surface area (TPSA) is 46.1 Å². The first kappa shape index (κ1) is 18.7. The predicted octanol–water partition coefficient (Wildman–Crippen LogP) is 2.66. The number of rotatable bonds is 8. The molecule has 1 N–H and O–H groups in total. The lowest BCUT2D eigenvalue weighted by atomic mass is 10.1. The third kappa shape index (κ3) is 6.13. The van der Waals surface area contributed by atoms with Gasteiger partial charge < -0.3 is 19.7 Å². The van der Waals surface area contributed by atoms with E-state index in [4.69, 9.17) is 14.5 Å². The SMILES string of the molecule is CCNC(=NCc1ccc(COCC)cc1)N(C)CC1CCOC1. The maximum Gasteiger partial charge on any atom is 0.193 e. The first-order chi connectivity index (χ1) is 11.7. The standard InChI is InChI=1S/C19H31N3O2/c1-4-20-19(22(3)13-18-10-11-24-15-18)21-12-16-6-8-17(9-7-16)14-23-5-2/h6-9,18H,4-5,10-15H2,1-3H3,(H,20,21). The van der Waals surface area contributed by atoms with Gasteiger partial charge in [-0.3, -0.25) is 0 Å². The largest absolute Gasteiger partial charge is 0.381 e. The molecule has 1 aromatic rings. The second-order valence-electron chi connectivity index (χ2n) is 6.23. The van der Waals surface area contributed by atoms with Gasteiger partial charge in [-0.1, -0.05) is 24.3 Å². The molecule has 0 aliphatic carbocycles. The minimum Gasteiger partial charge on any atom is -0.381 e. The number of ether oxygens (including phenoxy) is 2. The molecule has 0 amide bonds. The van der Waals surface area contributed by atoms with Gasteiger partial charge in [0.25, 0.3) is 0 Å². The van der Waals surface area contributed by atoms with Crippen molar-refractivity contribution in [3.8, 4) is 0 Å². The molecule has 0 spiro atoms. The molecule has 1 aliphatic rings. The maximum absolute atomic E-state index is 5.47. The van der Waals surface area contributed by atoms with E-state index < -0.39 is 0 Å². The number of nitrogens with zero attached hydrogens (tertiary/aromatic N) is 2. The van der Waals surface area contributed by atoms with Crippen LogP contribution in [0.3, 0.4) is 0 Å². The van der Waals surface area contributed by atoms with E-state index in [1.54, 1.807) is 0 Å². The molecule has 1 fully saturated rings. The molecule has 1 aromatic carbocycles. The molecule has 24 heavy (non-hydrogen) atoms. The highest BCUT2D eigenvalue weighted by Crippen LogP contribution is 2.13. The van der Waals surface area contributed by atoms with Gasteiger partial charge in [0.2, 0.25) is 0 Å². The highest BCUT2D eigenvalue weighted by Gasteiger charge is 2.18. The molecule has 1 saturated heterocycles. The fraction of sp³-hybridized carbons (Fsp3) is 0.632. The van der Waals surface area contributed by atoms with Crippen LogP contribution in [0, 0.1) is 5.92 Å². The van der Waals surface area contributed by atoms with E-state index in [-0.39, 0.29) is 0 Å². The Kier molecular flexibility index (Phi) is 8.05. The molecule has 5 nitrogen and oxygen atoms in total. The molecule has 5 heteroatoms. The van der Waals surface area contributed by atoms with E-state index in [0.29, 0.717) is 19.1 Å². The normalized spacial score (nSPS) is 18.0. The van der Waals surface area contributed by atoms with Crippen LogP contribution in [0.25, 0.3) is 0 Å². The van der Waals surface area contributed by atoms with E-state index in [1.807, 2.05) is 6.92 Å². The highest BCUT2D eigenvalue weighted by atomic mass is 16.5. The number of aliphatic imine (C=N–C) groups is 1. The number of benzene rings is 1. The third-order valence-electron chi connectivity index (χ3n) is 4.16. The summed E-state index contributed by atoms with van der Waals surface area (Å²) in [5.41, 5.74) is 2.41. The van der Waals surface area contributed by atoms with Crippen LogP contribution in [0.4, 0.5) is 0 Å². The van der Waals surface area contributed by atoms with Crippen LogP contribution in [0.2, 0.25) is 0 Å². The zero-order chi connectivity index (χ0) is 17.2. The van der Waals surface area contributed by atoms with Crippen LogP contribution < -0.4 is 5.32 Å². The molecular weight excluding hydrogens is 302 g/mol. The summed E-state index contributed by atoms with van der Waals surface area (Å²) in [7, 11) is 2.10. The number of hydrogen-bond acceptors (Lipinski definition) is 3. The summed E-state index contributed by atoms with van der Waals surface area (Å²) in [5, 5.41) is 3.38. The zero-order valence-electron chi connectivity index (χ0n) is 15.3. The minimum absolute atomic E-state index is 0.608. The van der Waals surface area contributed by atoms with Gasteiger partial charge in [-0.15, -0.1) is 0 Å². The molecule has 134 valence electrons. The Hall–Kier alpha value is -1.59. The summed E-state index contributed by atoms with van der Waals surface area (Å²) >= 11 is 0. The monoisotopic (exact) mass is 333 g/mol. The van der Waals surface area contributed by atoms with Gasteiger partial charge in [-0.25, -0.2) is 4.99 Å². The predicted molar refractivity (Wildman–Crippen MR) is 98.1 cm³/mol. The second kappa shape index (κ2) is 10.3. The van der Waals surface area contributed by atoms with Gasteiger partial charge in [0, 0.05) is 39.3 Å². The fourth-order valence-electron chi connectivity index (χ4n) is 2.80. The summed E-state index contributed by atoms with van der Waals surface area (Å²) in [6.45, 7) is 9.83. The second-order valence-corrected chi connectivity index (χ2v) is 6.23. The van der Waals surface area contributed by atoms with Crippen molar-refractivity contribution in [2.24, 2.45) is 10.9 Å². The summed E-state index contributed by atoms with van der Waals surface area (Å²) in [5.74, 6) is 1.57. The first-order valence-electron chi connectivity index (χ1n) is 8.95. The van der Waals surface area contributed by atoms with Crippen molar-refractivity contribution < 1.29 is 9.47 Å². The van der Waals surface area contributed by atoms with Crippen LogP contribution in [0.15, 0.2) is 29.3 Å². The molecular formula is C19H31N3O2. The fourth-order valence-corrected chi connectivity index (χ4v) is 2.80. The van der Waals surface area contributed by atoms with Crippen LogP contribution in [0.1, 0.15) is 31.4 Å². The Labute approximate surface area is 146 Å². The molecule has 1 atom stereocenters. The molecule has 0 radical (unpaired) electrons. The zero-order valence-corrected chi connectivity index (χ0v) is 15.3. The molecule has 0 bridgehead atoms. The Bertz CT molecular complexity index is 496. The van der Waals surface area contributed by atoms with Crippen molar-refractivity contribution in [2.75, 3.05) is 40.0 Å². The van der Waals surface area contributed by atoms with E-state index in [0.717, 1.165) is 45.3 Å². The lowest BCUT2D eigenvalue weighted by Crippen LogP contribution is -2.41. The van der Waals surface area contributed by atoms with E-state index >= 15 is 0 Å². The maximum atomic E-state index is 5.47. The van der Waals surface area contributed by atoms with Gasteiger partial charge in [0.05, 0.1) is 19.8 Å². The lowest BCUT2D eigenvalue weighted by molar-refractivity contribution is 0.134. The summed E-state index contributed by atoms with van der Waals surface area (Å²) in [6, 6.07) is 8.50. The molecule has 1 heterocycles. The molecule has 1 aliphatic heterocycles. The van der Waals surface area contributed by atoms with Gasteiger partial charge in [-0.05, 0) is 31.4 Å².